The highest BCUT2D eigenvalue weighted by Crippen LogP contribution is 2.29. The van der Waals surface area contributed by atoms with E-state index < -0.39 is 6.36 Å². The topological polar surface area (TPSA) is 68.9 Å². The van der Waals surface area contributed by atoms with Crippen LogP contribution in [0.1, 0.15) is 19.8 Å². The second-order valence-electron chi connectivity index (χ2n) is 4.34. The standard InChI is InChI=1S/C14H20F3N3O2.HI/c1-2-21-10-6-5-9-19-13(18)20-11-7-3-4-8-12(11)22-14(15,16)17;/h3-4,7-8H,2,5-6,9-10H2,1H3,(H3,18,19,20);1H. The van der Waals surface area contributed by atoms with E-state index in [0.29, 0.717) is 19.8 Å². The van der Waals surface area contributed by atoms with Gasteiger partial charge in [0.1, 0.15) is 0 Å². The van der Waals surface area contributed by atoms with E-state index >= 15 is 0 Å². The minimum atomic E-state index is -4.76. The van der Waals surface area contributed by atoms with Crippen molar-refractivity contribution < 1.29 is 22.6 Å². The highest BCUT2D eigenvalue weighted by atomic mass is 127. The van der Waals surface area contributed by atoms with E-state index in [4.69, 9.17) is 10.5 Å². The highest BCUT2D eigenvalue weighted by Gasteiger charge is 2.32. The number of unbranched alkanes of at least 4 members (excludes halogenated alkanes) is 1. The minimum Gasteiger partial charge on any atom is -0.404 e. The third-order valence-corrected chi connectivity index (χ3v) is 2.56. The van der Waals surface area contributed by atoms with Gasteiger partial charge in [-0.05, 0) is 31.9 Å². The summed E-state index contributed by atoms with van der Waals surface area (Å²) in [5, 5.41) is 2.61. The number of ether oxygens (including phenoxy) is 2. The maximum Gasteiger partial charge on any atom is 0.573 e. The van der Waals surface area contributed by atoms with E-state index in [0.717, 1.165) is 12.8 Å². The SMILES string of the molecule is CCOCCCCN=C(N)Nc1ccccc1OC(F)(F)F.I. The van der Waals surface area contributed by atoms with Crippen LogP contribution in [-0.2, 0) is 4.74 Å². The van der Waals surface area contributed by atoms with Crippen LogP contribution in [0.2, 0.25) is 0 Å². The zero-order valence-electron chi connectivity index (χ0n) is 12.7. The molecular formula is C14H21F3IN3O2. The van der Waals surface area contributed by atoms with Crippen molar-refractivity contribution in [3.63, 3.8) is 0 Å². The summed E-state index contributed by atoms with van der Waals surface area (Å²) in [6.45, 7) is 3.71. The number of hydrogen-bond donors (Lipinski definition) is 2. The van der Waals surface area contributed by atoms with Gasteiger partial charge in [0.15, 0.2) is 11.7 Å². The van der Waals surface area contributed by atoms with Crippen LogP contribution in [0, 0.1) is 0 Å². The van der Waals surface area contributed by atoms with Crippen LogP contribution in [0.4, 0.5) is 18.9 Å². The number of nitrogens with zero attached hydrogens (tertiary/aromatic N) is 1. The Labute approximate surface area is 150 Å². The maximum atomic E-state index is 12.3. The molecule has 1 aromatic carbocycles. The Morgan fingerprint density at radius 2 is 1.96 bits per heavy atom. The van der Waals surface area contributed by atoms with Crippen molar-refractivity contribution in [1.29, 1.82) is 0 Å². The van der Waals surface area contributed by atoms with Crippen molar-refractivity contribution in [1.82, 2.24) is 0 Å². The Hall–Kier alpha value is -1.23. The lowest BCUT2D eigenvalue weighted by Crippen LogP contribution is -2.24. The smallest absolute Gasteiger partial charge is 0.404 e. The van der Waals surface area contributed by atoms with E-state index in [-0.39, 0.29) is 41.4 Å². The van der Waals surface area contributed by atoms with Gasteiger partial charge in [-0.3, -0.25) is 4.99 Å². The van der Waals surface area contributed by atoms with Crippen molar-refractivity contribution in [2.45, 2.75) is 26.1 Å². The Balaban J connectivity index is 0.00000484. The second kappa shape index (κ2) is 11.3. The molecule has 0 amide bonds. The molecule has 0 aromatic heterocycles. The summed E-state index contributed by atoms with van der Waals surface area (Å²) in [6.07, 6.45) is -3.13. The third-order valence-electron chi connectivity index (χ3n) is 2.56. The first-order chi connectivity index (χ1) is 10.4. The molecule has 0 fully saturated rings. The maximum absolute atomic E-state index is 12.3. The molecule has 0 bridgehead atoms. The molecule has 0 saturated heterocycles. The molecule has 9 heteroatoms. The highest BCUT2D eigenvalue weighted by molar-refractivity contribution is 14.0. The van der Waals surface area contributed by atoms with Crippen molar-refractivity contribution in [2.24, 2.45) is 10.7 Å². The molecular weight excluding hydrogens is 426 g/mol. The Bertz CT molecular complexity index is 485. The van der Waals surface area contributed by atoms with Gasteiger partial charge in [-0.2, -0.15) is 0 Å². The molecule has 0 aliphatic heterocycles. The van der Waals surface area contributed by atoms with Crippen molar-refractivity contribution in [2.75, 3.05) is 25.1 Å². The number of para-hydroxylation sites is 2. The lowest BCUT2D eigenvalue weighted by molar-refractivity contribution is -0.274. The lowest BCUT2D eigenvalue weighted by Gasteiger charge is -2.14. The molecule has 0 aliphatic rings. The van der Waals surface area contributed by atoms with Gasteiger partial charge in [0.25, 0.3) is 0 Å². The van der Waals surface area contributed by atoms with Crippen LogP contribution >= 0.6 is 24.0 Å². The minimum absolute atomic E-state index is 0. The normalized spacial score (nSPS) is 11.7. The Morgan fingerprint density at radius 1 is 1.26 bits per heavy atom. The molecule has 23 heavy (non-hydrogen) atoms. The van der Waals surface area contributed by atoms with E-state index in [1.54, 1.807) is 6.07 Å². The number of benzene rings is 1. The number of anilines is 1. The molecule has 5 nitrogen and oxygen atoms in total. The zero-order valence-corrected chi connectivity index (χ0v) is 15.1. The molecule has 0 unspecified atom stereocenters. The van der Waals surface area contributed by atoms with Gasteiger partial charge in [-0.15, -0.1) is 37.1 Å². The zero-order chi connectivity index (χ0) is 16.4. The fraction of sp³-hybridized carbons (Fsp3) is 0.500. The van der Waals surface area contributed by atoms with Gasteiger partial charge in [-0.1, -0.05) is 12.1 Å². The van der Waals surface area contributed by atoms with Gasteiger partial charge < -0.3 is 20.5 Å². The first-order valence-corrected chi connectivity index (χ1v) is 6.92. The third kappa shape index (κ3) is 10.2. The lowest BCUT2D eigenvalue weighted by atomic mass is 10.3. The van der Waals surface area contributed by atoms with E-state index in [1.807, 2.05) is 6.92 Å². The van der Waals surface area contributed by atoms with Crippen molar-refractivity contribution in [3.05, 3.63) is 24.3 Å². The fourth-order valence-corrected chi connectivity index (χ4v) is 1.62. The molecule has 0 spiro atoms. The molecule has 1 aromatic rings. The molecule has 0 aliphatic carbocycles. The predicted octanol–water partition coefficient (Wildman–Crippen LogP) is 3.75. The summed E-state index contributed by atoms with van der Waals surface area (Å²) >= 11 is 0. The largest absolute Gasteiger partial charge is 0.573 e. The average molecular weight is 447 g/mol. The van der Waals surface area contributed by atoms with Gasteiger partial charge in [0.2, 0.25) is 0 Å². The van der Waals surface area contributed by atoms with Gasteiger partial charge in [0.05, 0.1) is 5.69 Å². The molecule has 132 valence electrons. The number of nitrogens with two attached hydrogens (primary N) is 1. The summed E-state index contributed by atoms with van der Waals surface area (Å²) in [4.78, 5) is 4.05. The van der Waals surface area contributed by atoms with Crippen LogP contribution < -0.4 is 15.8 Å². The molecule has 0 heterocycles. The van der Waals surface area contributed by atoms with Crippen molar-refractivity contribution >= 4 is 35.6 Å². The summed E-state index contributed by atoms with van der Waals surface area (Å²) in [5.41, 5.74) is 5.76. The molecule has 1 rings (SSSR count). The molecule has 0 atom stereocenters. The quantitative estimate of drug-likeness (QED) is 0.276. The fourth-order valence-electron chi connectivity index (χ4n) is 1.62. The summed E-state index contributed by atoms with van der Waals surface area (Å²) in [5.74, 6) is -0.320. The van der Waals surface area contributed by atoms with Crippen LogP contribution in [0.15, 0.2) is 29.3 Å². The van der Waals surface area contributed by atoms with Crippen LogP contribution in [0.5, 0.6) is 5.75 Å². The van der Waals surface area contributed by atoms with Gasteiger partial charge in [-0.25, -0.2) is 0 Å². The number of guanidine groups is 1. The summed E-state index contributed by atoms with van der Waals surface area (Å²) in [7, 11) is 0. The summed E-state index contributed by atoms with van der Waals surface area (Å²) in [6, 6.07) is 5.64. The molecule has 3 N–H and O–H groups in total. The van der Waals surface area contributed by atoms with Crippen LogP contribution in [-0.4, -0.2) is 32.1 Å². The van der Waals surface area contributed by atoms with E-state index in [1.165, 1.54) is 18.2 Å². The first kappa shape index (κ1) is 21.8. The van der Waals surface area contributed by atoms with E-state index in [9.17, 15) is 13.2 Å². The second-order valence-corrected chi connectivity index (χ2v) is 4.34. The Morgan fingerprint density at radius 3 is 2.61 bits per heavy atom. The average Bonchev–Trinajstić information content (AvgIpc) is 2.43. The number of alkyl halides is 3. The number of aliphatic imine (C=N–C) groups is 1. The molecule has 0 saturated carbocycles. The first-order valence-electron chi connectivity index (χ1n) is 6.92. The van der Waals surface area contributed by atoms with E-state index in [2.05, 4.69) is 15.0 Å². The number of halogens is 4. The van der Waals surface area contributed by atoms with Gasteiger partial charge in [0, 0.05) is 19.8 Å². The molecule has 0 radical (unpaired) electrons. The van der Waals surface area contributed by atoms with Crippen LogP contribution in [0.3, 0.4) is 0 Å². The van der Waals surface area contributed by atoms with Crippen molar-refractivity contribution in [3.8, 4) is 5.75 Å². The number of hydrogen-bond acceptors (Lipinski definition) is 3. The van der Waals surface area contributed by atoms with Crippen LogP contribution in [0.25, 0.3) is 0 Å². The number of nitrogens with one attached hydrogen (secondary N) is 1. The monoisotopic (exact) mass is 447 g/mol. The number of rotatable bonds is 8. The predicted molar refractivity (Wildman–Crippen MR) is 94.4 cm³/mol. The Kier molecular flexibility index (Phi) is 10.7. The van der Waals surface area contributed by atoms with Gasteiger partial charge >= 0.3 is 6.36 Å². The summed E-state index contributed by atoms with van der Waals surface area (Å²) < 4.78 is 46.0.